The monoisotopic (exact) mass is 201 g/mol. The average molecular weight is 202 g/mol. The number of thioether (sulfide) groups is 1. The highest BCUT2D eigenvalue weighted by Crippen LogP contribution is 2.35. The molecule has 0 bridgehead atoms. The van der Waals surface area contributed by atoms with Crippen molar-refractivity contribution in [3.05, 3.63) is 21.5 Å². The smallest absolute Gasteiger partial charge is 0.0898 e. The second-order valence-corrected chi connectivity index (χ2v) is 3.64. The molecule has 0 saturated carbocycles. The molecule has 1 aliphatic heterocycles. The van der Waals surface area contributed by atoms with Crippen LogP contribution in [0.4, 0.5) is 0 Å². The highest BCUT2D eigenvalue weighted by atomic mass is 79.9. The number of hydrogen-bond acceptors (Lipinski definition) is 2. The van der Waals surface area contributed by atoms with Crippen LogP contribution < -0.4 is 0 Å². The molecule has 0 aromatic carbocycles. The van der Waals surface area contributed by atoms with Crippen LogP contribution in [0.1, 0.15) is 0 Å². The van der Waals surface area contributed by atoms with Crippen LogP contribution in [0.5, 0.6) is 0 Å². The molecule has 1 heterocycles. The largest absolute Gasteiger partial charge is 0.273 e. The lowest BCUT2D eigenvalue weighted by molar-refractivity contribution is 1.41. The molecule has 0 N–H and O–H groups in total. The van der Waals surface area contributed by atoms with Crippen LogP contribution in [0.3, 0.4) is 0 Å². The first-order chi connectivity index (χ1) is 4.38. The topological polar surface area (TPSA) is 12.4 Å². The van der Waals surface area contributed by atoms with E-state index in [9.17, 15) is 0 Å². The highest BCUT2D eigenvalue weighted by molar-refractivity contribution is 9.12. The van der Waals surface area contributed by atoms with Crippen molar-refractivity contribution in [1.29, 1.82) is 0 Å². The van der Waals surface area contributed by atoms with E-state index in [2.05, 4.69) is 20.9 Å². The lowest BCUT2D eigenvalue weighted by Crippen LogP contribution is -1.82. The highest BCUT2D eigenvalue weighted by Gasteiger charge is 2.18. The standard InChI is InChI=1S/C6H4BrNS/c7-4-1-2-5-6(4)9-3-8-5/h1-2H,3H2. The Bertz CT molecular complexity index is 237. The normalized spacial score (nSPS) is 23.0. The van der Waals surface area contributed by atoms with E-state index < -0.39 is 0 Å². The van der Waals surface area contributed by atoms with E-state index in [1.807, 2.05) is 12.2 Å². The summed E-state index contributed by atoms with van der Waals surface area (Å²) in [6.07, 6.45) is 4.08. The lowest BCUT2D eigenvalue weighted by atomic mass is 10.4. The Labute approximate surface area is 66.1 Å². The van der Waals surface area contributed by atoms with Crippen molar-refractivity contribution in [1.82, 2.24) is 0 Å². The fourth-order valence-corrected chi connectivity index (χ4v) is 2.36. The fourth-order valence-electron chi connectivity index (χ4n) is 0.860. The summed E-state index contributed by atoms with van der Waals surface area (Å²) in [4.78, 5) is 5.55. The molecule has 0 radical (unpaired) electrons. The molecule has 9 heavy (non-hydrogen) atoms. The number of nitrogens with zero attached hydrogens (tertiary/aromatic N) is 1. The van der Waals surface area contributed by atoms with Crippen molar-refractivity contribution in [3.63, 3.8) is 0 Å². The van der Waals surface area contributed by atoms with Crippen molar-refractivity contribution in [2.24, 2.45) is 4.99 Å². The summed E-state index contributed by atoms with van der Waals surface area (Å²) in [6.45, 7) is 0. The maximum atomic E-state index is 4.25. The minimum atomic E-state index is 0.893. The molecule has 1 nitrogen and oxygen atoms in total. The van der Waals surface area contributed by atoms with Gasteiger partial charge < -0.3 is 0 Å². The van der Waals surface area contributed by atoms with E-state index >= 15 is 0 Å². The first-order valence-corrected chi connectivity index (χ1v) is 4.41. The molecule has 2 rings (SSSR count). The van der Waals surface area contributed by atoms with Gasteiger partial charge in [-0.05, 0) is 28.1 Å². The van der Waals surface area contributed by atoms with E-state index in [0.717, 1.165) is 11.6 Å². The van der Waals surface area contributed by atoms with Crippen molar-refractivity contribution in [2.75, 3.05) is 5.88 Å². The van der Waals surface area contributed by atoms with Crippen molar-refractivity contribution < 1.29 is 0 Å². The van der Waals surface area contributed by atoms with Gasteiger partial charge in [0.2, 0.25) is 0 Å². The molecule has 0 aromatic heterocycles. The Morgan fingerprint density at radius 3 is 3.22 bits per heavy atom. The van der Waals surface area contributed by atoms with Crippen LogP contribution in [-0.2, 0) is 0 Å². The quantitative estimate of drug-likeness (QED) is 0.587. The Hall–Kier alpha value is -0.0200. The van der Waals surface area contributed by atoms with Gasteiger partial charge in [-0.3, -0.25) is 4.99 Å². The van der Waals surface area contributed by atoms with E-state index in [-0.39, 0.29) is 0 Å². The molecule has 1 aliphatic carbocycles. The van der Waals surface area contributed by atoms with E-state index in [1.54, 1.807) is 11.8 Å². The van der Waals surface area contributed by atoms with Crippen LogP contribution in [0.2, 0.25) is 0 Å². The summed E-state index contributed by atoms with van der Waals surface area (Å²) < 4.78 is 1.18. The summed E-state index contributed by atoms with van der Waals surface area (Å²) in [5, 5.41) is 0. The Kier molecular flexibility index (Phi) is 1.27. The maximum Gasteiger partial charge on any atom is 0.0898 e. The van der Waals surface area contributed by atoms with Crippen molar-refractivity contribution in [3.8, 4) is 0 Å². The zero-order chi connectivity index (χ0) is 6.27. The maximum absolute atomic E-state index is 4.25. The van der Waals surface area contributed by atoms with Gasteiger partial charge >= 0.3 is 0 Å². The SMILES string of the molecule is BrC1=C2SCN=C2C=C1. The molecule has 0 unspecified atom stereocenters. The van der Waals surface area contributed by atoms with Crippen LogP contribution in [0.25, 0.3) is 0 Å². The minimum Gasteiger partial charge on any atom is -0.273 e. The summed E-state index contributed by atoms with van der Waals surface area (Å²) in [6, 6.07) is 0. The molecule has 0 spiro atoms. The molecule has 2 aliphatic rings. The summed E-state index contributed by atoms with van der Waals surface area (Å²) in [5.41, 5.74) is 1.15. The first-order valence-electron chi connectivity index (χ1n) is 2.63. The molecule has 0 saturated heterocycles. The van der Waals surface area contributed by atoms with Crippen LogP contribution in [0.15, 0.2) is 26.5 Å². The third-order valence-electron chi connectivity index (χ3n) is 1.28. The number of allylic oxidation sites excluding steroid dienone is 4. The predicted octanol–water partition coefficient (Wildman–Crippen LogP) is 2.31. The Morgan fingerprint density at radius 2 is 2.44 bits per heavy atom. The molecule has 46 valence electrons. The van der Waals surface area contributed by atoms with Crippen LogP contribution >= 0.6 is 27.7 Å². The van der Waals surface area contributed by atoms with Crippen molar-refractivity contribution >= 4 is 33.4 Å². The zero-order valence-electron chi connectivity index (χ0n) is 4.60. The van der Waals surface area contributed by atoms with Crippen molar-refractivity contribution in [2.45, 2.75) is 0 Å². The second kappa shape index (κ2) is 1.99. The Balaban J connectivity index is 2.52. The van der Waals surface area contributed by atoms with Gasteiger partial charge in [0.25, 0.3) is 0 Å². The second-order valence-electron chi connectivity index (χ2n) is 1.83. The molecule has 0 fully saturated rings. The zero-order valence-corrected chi connectivity index (χ0v) is 7.00. The number of hydrogen-bond donors (Lipinski definition) is 0. The van der Waals surface area contributed by atoms with Gasteiger partial charge in [-0.1, -0.05) is 11.8 Å². The third kappa shape index (κ3) is 0.792. The van der Waals surface area contributed by atoms with Gasteiger partial charge in [0.15, 0.2) is 0 Å². The van der Waals surface area contributed by atoms with Gasteiger partial charge in [0.1, 0.15) is 0 Å². The summed E-state index contributed by atoms with van der Waals surface area (Å²) >= 11 is 5.22. The Morgan fingerprint density at radius 1 is 1.56 bits per heavy atom. The minimum absolute atomic E-state index is 0.893. The van der Waals surface area contributed by atoms with E-state index in [4.69, 9.17) is 0 Å². The molecule has 0 atom stereocenters. The molecule has 0 aromatic rings. The average Bonchev–Trinajstić information content (AvgIpc) is 2.35. The number of aliphatic imine (C=N–C) groups is 1. The van der Waals surface area contributed by atoms with E-state index in [1.165, 1.54) is 9.39 Å². The lowest BCUT2D eigenvalue weighted by Gasteiger charge is -1.88. The summed E-state index contributed by atoms with van der Waals surface area (Å²) in [7, 11) is 0. The van der Waals surface area contributed by atoms with Gasteiger partial charge in [0, 0.05) is 9.39 Å². The molecule has 0 amide bonds. The summed E-state index contributed by atoms with van der Waals surface area (Å²) in [5.74, 6) is 0.893. The molecular formula is C6H4BrNS. The molecule has 3 heteroatoms. The van der Waals surface area contributed by atoms with Crippen LogP contribution in [-0.4, -0.2) is 11.6 Å². The fraction of sp³-hybridized carbons (Fsp3) is 0.167. The third-order valence-corrected chi connectivity index (χ3v) is 3.18. The first kappa shape index (κ1) is 5.74. The van der Waals surface area contributed by atoms with Crippen LogP contribution in [0, 0.1) is 0 Å². The van der Waals surface area contributed by atoms with E-state index in [0.29, 0.717) is 0 Å². The number of halogens is 1. The van der Waals surface area contributed by atoms with Gasteiger partial charge in [-0.15, -0.1) is 0 Å². The molecular weight excluding hydrogens is 198 g/mol. The number of rotatable bonds is 0. The van der Waals surface area contributed by atoms with Gasteiger partial charge in [-0.2, -0.15) is 0 Å². The van der Waals surface area contributed by atoms with Gasteiger partial charge in [-0.25, -0.2) is 0 Å². The van der Waals surface area contributed by atoms with Gasteiger partial charge in [0.05, 0.1) is 11.6 Å². The number of fused-ring (bicyclic) bond motifs is 1. The predicted molar refractivity (Wildman–Crippen MR) is 45.0 cm³/mol.